The van der Waals surface area contributed by atoms with Gasteiger partial charge in [-0.1, -0.05) is 44.2 Å². The Balaban J connectivity index is 2.69. The van der Waals surface area contributed by atoms with Crippen LogP contribution < -0.4 is 5.32 Å². The quantitative estimate of drug-likeness (QED) is 0.448. The van der Waals surface area contributed by atoms with Crippen LogP contribution in [-0.4, -0.2) is 24.5 Å². The van der Waals surface area contributed by atoms with E-state index < -0.39 is 5.38 Å². The maximum atomic E-state index is 12.2. The number of allylic oxidation sites excluding steroid dienone is 1. The van der Waals surface area contributed by atoms with Gasteiger partial charge in [0.2, 0.25) is 5.91 Å². The Bertz CT molecular complexity index is 463. The molecule has 0 bridgehead atoms. The topological polar surface area (TPSA) is 38.3 Å². The molecule has 0 fully saturated rings. The summed E-state index contributed by atoms with van der Waals surface area (Å²) in [6.07, 6.45) is 5.51. The number of ether oxygens (including phenoxy) is 1. The van der Waals surface area contributed by atoms with Crippen molar-refractivity contribution < 1.29 is 9.53 Å². The number of halogens is 1. The smallest absolute Gasteiger partial charge is 0.244 e. The second-order valence-corrected chi connectivity index (χ2v) is 5.25. The molecule has 0 radical (unpaired) electrons. The predicted octanol–water partition coefficient (Wildman–Crippen LogP) is 3.95. The largest absolute Gasteiger partial charge is 0.375 e. The van der Waals surface area contributed by atoms with E-state index in [2.05, 4.69) is 19.2 Å². The summed E-state index contributed by atoms with van der Waals surface area (Å²) >= 11 is 6.09. The Kier molecular flexibility index (Phi) is 8.09. The number of hydrogen-bond acceptors (Lipinski definition) is 2. The van der Waals surface area contributed by atoms with E-state index in [9.17, 15) is 4.79 Å². The third kappa shape index (κ3) is 5.52. The lowest BCUT2D eigenvalue weighted by molar-refractivity contribution is -0.116. The fourth-order valence-electron chi connectivity index (χ4n) is 2.02. The highest BCUT2D eigenvalue weighted by atomic mass is 35.5. The molecule has 1 atom stereocenters. The molecule has 1 unspecified atom stereocenters. The van der Waals surface area contributed by atoms with Gasteiger partial charge in [0.15, 0.2) is 0 Å². The minimum atomic E-state index is -0.690. The molecule has 0 aromatic heterocycles. The highest BCUT2D eigenvalue weighted by Gasteiger charge is 2.18. The first kappa shape index (κ1) is 17.7. The normalized spacial score (nSPS) is 12.6. The van der Waals surface area contributed by atoms with Crippen LogP contribution in [0.25, 0.3) is 0 Å². The first-order valence-corrected chi connectivity index (χ1v) is 7.82. The number of anilines is 1. The van der Waals surface area contributed by atoms with Gasteiger partial charge in [-0.3, -0.25) is 4.79 Å². The summed E-state index contributed by atoms with van der Waals surface area (Å²) < 4.78 is 5.33. The Labute approximate surface area is 132 Å². The first-order valence-electron chi connectivity index (χ1n) is 7.38. The average Bonchev–Trinajstić information content (AvgIpc) is 2.51. The molecule has 4 heteroatoms. The second-order valence-electron chi connectivity index (χ2n) is 4.72. The number of amides is 1. The summed E-state index contributed by atoms with van der Waals surface area (Å²) in [5, 5.41) is 2.26. The SMILES string of the molecule is CC=CCOCC(Cl)C(=O)Nc1c(CC)cccc1CC. The van der Waals surface area contributed by atoms with Crippen LogP contribution in [0.3, 0.4) is 0 Å². The summed E-state index contributed by atoms with van der Waals surface area (Å²) in [6.45, 7) is 6.74. The lowest BCUT2D eigenvalue weighted by atomic mass is 10.0. The van der Waals surface area contributed by atoms with Crippen molar-refractivity contribution in [3.05, 3.63) is 41.5 Å². The van der Waals surface area contributed by atoms with Gasteiger partial charge < -0.3 is 10.1 Å². The molecule has 1 rings (SSSR count). The number of benzene rings is 1. The summed E-state index contributed by atoms with van der Waals surface area (Å²) in [5.41, 5.74) is 3.15. The fourth-order valence-corrected chi connectivity index (χ4v) is 2.16. The van der Waals surface area contributed by atoms with Crippen molar-refractivity contribution in [1.82, 2.24) is 0 Å². The summed E-state index contributed by atoms with van der Waals surface area (Å²) in [6, 6.07) is 6.08. The van der Waals surface area contributed by atoms with Crippen LogP contribution in [0.2, 0.25) is 0 Å². The van der Waals surface area contributed by atoms with E-state index in [1.165, 1.54) is 0 Å². The van der Waals surface area contributed by atoms with Crippen LogP contribution in [0, 0.1) is 0 Å². The molecule has 0 saturated carbocycles. The minimum absolute atomic E-state index is 0.202. The lowest BCUT2D eigenvalue weighted by Gasteiger charge is -2.16. The minimum Gasteiger partial charge on any atom is -0.375 e. The molecule has 1 N–H and O–H groups in total. The fraction of sp³-hybridized carbons (Fsp3) is 0.471. The van der Waals surface area contributed by atoms with E-state index in [4.69, 9.17) is 16.3 Å². The maximum Gasteiger partial charge on any atom is 0.244 e. The standard InChI is InChI=1S/C17H24ClNO2/c1-4-7-11-21-12-15(18)17(20)19-16-13(5-2)9-8-10-14(16)6-3/h4,7-10,15H,5-6,11-12H2,1-3H3,(H,19,20). The van der Waals surface area contributed by atoms with Gasteiger partial charge >= 0.3 is 0 Å². The maximum absolute atomic E-state index is 12.2. The van der Waals surface area contributed by atoms with Gasteiger partial charge in [-0.2, -0.15) is 0 Å². The highest BCUT2D eigenvalue weighted by Crippen LogP contribution is 2.23. The molecule has 1 amide bonds. The number of aryl methyl sites for hydroxylation is 2. The summed E-state index contributed by atoms with van der Waals surface area (Å²) in [5.74, 6) is -0.215. The number of rotatable bonds is 8. The third-order valence-corrected chi connectivity index (χ3v) is 3.57. The van der Waals surface area contributed by atoms with Crippen molar-refractivity contribution in [1.29, 1.82) is 0 Å². The molecule has 0 aliphatic heterocycles. The molecular formula is C17H24ClNO2. The Morgan fingerprint density at radius 1 is 1.33 bits per heavy atom. The zero-order valence-corrected chi connectivity index (χ0v) is 13.7. The summed E-state index contributed by atoms with van der Waals surface area (Å²) in [4.78, 5) is 12.2. The van der Waals surface area contributed by atoms with E-state index in [1.54, 1.807) is 0 Å². The first-order chi connectivity index (χ1) is 10.1. The van der Waals surface area contributed by atoms with Crippen molar-refractivity contribution in [3.63, 3.8) is 0 Å². The Morgan fingerprint density at radius 3 is 2.48 bits per heavy atom. The van der Waals surface area contributed by atoms with E-state index in [0.717, 1.165) is 29.7 Å². The van der Waals surface area contributed by atoms with Crippen molar-refractivity contribution in [2.75, 3.05) is 18.5 Å². The zero-order chi connectivity index (χ0) is 15.7. The molecule has 1 aromatic rings. The van der Waals surface area contributed by atoms with Crippen molar-refractivity contribution in [2.24, 2.45) is 0 Å². The average molecular weight is 310 g/mol. The molecule has 0 aliphatic carbocycles. The van der Waals surface area contributed by atoms with E-state index in [0.29, 0.717) is 6.61 Å². The molecule has 0 heterocycles. The molecule has 0 saturated heterocycles. The van der Waals surface area contributed by atoms with E-state index in [-0.39, 0.29) is 12.5 Å². The van der Waals surface area contributed by atoms with Crippen LogP contribution in [-0.2, 0) is 22.4 Å². The Hall–Kier alpha value is -1.32. The van der Waals surface area contributed by atoms with Crippen LogP contribution in [0.4, 0.5) is 5.69 Å². The van der Waals surface area contributed by atoms with E-state index in [1.807, 2.05) is 37.3 Å². The molecule has 3 nitrogen and oxygen atoms in total. The van der Waals surface area contributed by atoms with Gasteiger partial charge in [0, 0.05) is 5.69 Å². The van der Waals surface area contributed by atoms with Crippen LogP contribution in [0.5, 0.6) is 0 Å². The van der Waals surface area contributed by atoms with Gasteiger partial charge in [-0.25, -0.2) is 0 Å². The third-order valence-electron chi connectivity index (χ3n) is 3.25. The lowest BCUT2D eigenvalue weighted by Crippen LogP contribution is -2.28. The van der Waals surface area contributed by atoms with Crippen LogP contribution in [0.15, 0.2) is 30.4 Å². The van der Waals surface area contributed by atoms with Crippen molar-refractivity contribution in [2.45, 2.75) is 39.0 Å². The molecular weight excluding hydrogens is 286 g/mol. The predicted molar refractivity (Wildman–Crippen MR) is 89.1 cm³/mol. The number of para-hydroxylation sites is 1. The molecule has 0 aliphatic rings. The van der Waals surface area contributed by atoms with Gasteiger partial charge in [0.05, 0.1) is 13.2 Å². The van der Waals surface area contributed by atoms with Gasteiger partial charge in [0.25, 0.3) is 0 Å². The molecule has 0 spiro atoms. The van der Waals surface area contributed by atoms with Crippen molar-refractivity contribution >= 4 is 23.2 Å². The zero-order valence-electron chi connectivity index (χ0n) is 13.0. The van der Waals surface area contributed by atoms with Crippen LogP contribution >= 0.6 is 11.6 Å². The van der Waals surface area contributed by atoms with Crippen molar-refractivity contribution in [3.8, 4) is 0 Å². The van der Waals surface area contributed by atoms with E-state index >= 15 is 0 Å². The number of carbonyl (C=O) groups is 1. The van der Waals surface area contributed by atoms with Crippen LogP contribution in [0.1, 0.15) is 31.9 Å². The number of carbonyl (C=O) groups excluding carboxylic acids is 1. The summed E-state index contributed by atoms with van der Waals surface area (Å²) in [7, 11) is 0. The number of nitrogens with one attached hydrogen (secondary N) is 1. The molecule has 21 heavy (non-hydrogen) atoms. The number of hydrogen-bond donors (Lipinski definition) is 1. The Morgan fingerprint density at radius 2 is 1.95 bits per heavy atom. The number of alkyl halides is 1. The molecule has 116 valence electrons. The van der Waals surface area contributed by atoms with Gasteiger partial charge in [-0.15, -0.1) is 11.6 Å². The van der Waals surface area contributed by atoms with Gasteiger partial charge in [-0.05, 0) is 30.9 Å². The highest BCUT2D eigenvalue weighted by molar-refractivity contribution is 6.32. The molecule has 1 aromatic carbocycles. The monoisotopic (exact) mass is 309 g/mol. The van der Waals surface area contributed by atoms with Gasteiger partial charge in [0.1, 0.15) is 5.38 Å². The second kappa shape index (κ2) is 9.59.